The van der Waals surface area contributed by atoms with Crippen LogP contribution >= 0.6 is 0 Å². The molecular weight excluding hydrogens is 268 g/mol. The summed E-state index contributed by atoms with van der Waals surface area (Å²) in [5.41, 5.74) is 4.66. The number of para-hydroxylation sites is 1. The first-order valence-electron chi connectivity index (χ1n) is 7.18. The molecule has 2 heterocycles. The molecule has 1 amide bonds. The molecular formula is C16H18N2O3. The van der Waals surface area contributed by atoms with Crippen molar-refractivity contribution < 1.29 is 14.4 Å². The van der Waals surface area contributed by atoms with E-state index in [1.807, 2.05) is 31.2 Å². The van der Waals surface area contributed by atoms with E-state index in [0.717, 1.165) is 35.9 Å². The van der Waals surface area contributed by atoms with E-state index in [1.54, 1.807) is 6.07 Å². The average molecular weight is 286 g/mol. The zero-order valence-corrected chi connectivity index (χ0v) is 12.0. The van der Waals surface area contributed by atoms with Crippen LogP contribution in [0.3, 0.4) is 0 Å². The normalized spacial score (nSPS) is 18.6. The van der Waals surface area contributed by atoms with E-state index in [-0.39, 0.29) is 12.2 Å². The fraction of sp³-hybridized carbons (Fsp3) is 0.375. The summed E-state index contributed by atoms with van der Waals surface area (Å²) >= 11 is 0. The van der Waals surface area contributed by atoms with E-state index in [0.29, 0.717) is 12.2 Å². The van der Waals surface area contributed by atoms with Gasteiger partial charge in [-0.15, -0.1) is 0 Å². The number of carbonyl (C=O) groups is 1. The Morgan fingerprint density at radius 2 is 2.24 bits per heavy atom. The molecule has 1 aliphatic heterocycles. The lowest BCUT2D eigenvalue weighted by molar-refractivity contribution is -0.186. The molecule has 5 nitrogen and oxygen atoms in total. The summed E-state index contributed by atoms with van der Waals surface area (Å²) in [4.78, 5) is 22.1. The summed E-state index contributed by atoms with van der Waals surface area (Å²) in [6.45, 7) is 2.55. The van der Waals surface area contributed by atoms with Gasteiger partial charge in [-0.05, 0) is 31.9 Å². The zero-order chi connectivity index (χ0) is 14.7. The zero-order valence-electron chi connectivity index (χ0n) is 12.0. The van der Waals surface area contributed by atoms with Crippen molar-refractivity contribution in [1.29, 1.82) is 0 Å². The highest BCUT2D eigenvalue weighted by Gasteiger charge is 2.17. The Bertz CT molecular complexity index is 651. The Kier molecular flexibility index (Phi) is 4.13. The molecule has 0 radical (unpaired) electrons. The molecule has 1 atom stereocenters. The number of nitrogens with zero attached hydrogens (tertiary/aromatic N) is 1. The smallest absolute Gasteiger partial charge is 0.275 e. The molecule has 1 aliphatic rings. The Hall–Kier alpha value is -1.98. The molecule has 1 aromatic heterocycles. The number of nitrogens with one attached hydrogen (secondary N) is 1. The standard InChI is InChI=1S/C16H18N2O3/c1-11-10-13(12-6-2-3-7-14(12)17-11)16(19)18-21-15-8-4-5-9-20-15/h2-3,6-7,10,15H,4-5,8-9H2,1H3,(H,18,19). The minimum atomic E-state index is -0.350. The number of aryl methyl sites for hydroxylation is 1. The van der Waals surface area contributed by atoms with Gasteiger partial charge >= 0.3 is 0 Å². The van der Waals surface area contributed by atoms with Crippen LogP contribution in [0.4, 0.5) is 0 Å². The van der Waals surface area contributed by atoms with Crippen LogP contribution in [0.2, 0.25) is 0 Å². The van der Waals surface area contributed by atoms with Crippen molar-refractivity contribution in [2.75, 3.05) is 6.61 Å². The van der Waals surface area contributed by atoms with Gasteiger partial charge in [0, 0.05) is 24.1 Å². The van der Waals surface area contributed by atoms with Gasteiger partial charge in [0.1, 0.15) is 0 Å². The second kappa shape index (κ2) is 6.20. The van der Waals surface area contributed by atoms with Gasteiger partial charge in [0.05, 0.1) is 11.1 Å². The number of hydrogen-bond acceptors (Lipinski definition) is 4. The van der Waals surface area contributed by atoms with Gasteiger partial charge in [-0.2, -0.15) is 0 Å². The van der Waals surface area contributed by atoms with E-state index < -0.39 is 0 Å². The Morgan fingerprint density at radius 3 is 3.05 bits per heavy atom. The lowest BCUT2D eigenvalue weighted by Crippen LogP contribution is -2.33. The summed E-state index contributed by atoms with van der Waals surface area (Å²) in [7, 11) is 0. The minimum absolute atomic E-state index is 0.272. The molecule has 3 rings (SSSR count). The number of rotatable bonds is 3. The molecule has 5 heteroatoms. The molecule has 0 aliphatic carbocycles. The van der Waals surface area contributed by atoms with Crippen LogP contribution < -0.4 is 5.48 Å². The first-order chi connectivity index (χ1) is 10.2. The molecule has 110 valence electrons. The van der Waals surface area contributed by atoms with Gasteiger partial charge < -0.3 is 4.74 Å². The van der Waals surface area contributed by atoms with Crippen molar-refractivity contribution in [1.82, 2.24) is 10.5 Å². The molecule has 0 spiro atoms. The number of benzene rings is 1. The maximum Gasteiger partial charge on any atom is 0.275 e. The molecule has 1 unspecified atom stereocenters. The number of aromatic nitrogens is 1. The lowest BCUT2D eigenvalue weighted by Gasteiger charge is -2.22. The van der Waals surface area contributed by atoms with E-state index in [2.05, 4.69) is 10.5 Å². The van der Waals surface area contributed by atoms with Crippen LogP contribution in [-0.2, 0) is 9.57 Å². The highest BCUT2D eigenvalue weighted by atomic mass is 16.8. The molecule has 1 saturated heterocycles. The van der Waals surface area contributed by atoms with Crippen LogP contribution in [0, 0.1) is 6.92 Å². The van der Waals surface area contributed by atoms with Gasteiger partial charge in [-0.1, -0.05) is 18.2 Å². The third-order valence-electron chi connectivity index (χ3n) is 3.51. The SMILES string of the molecule is Cc1cc(C(=O)NOC2CCCCO2)c2ccccc2n1. The molecule has 1 N–H and O–H groups in total. The van der Waals surface area contributed by atoms with E-state index in [9.17, 15) is 4.79 Å². The average Bonchev–Trinajstić information content (AvgIpc) is 2.52. The van der Waals surface area contributed by atoms with Crippen LogP contribution in [0.15, 0.2) is 30.3 Å². The lowest BCUT2D eigenvalue weighted by atomic mass is 10.1. The Morgan fingerprint density at radius 1 is 1.38 bits per heavy atom. The first kappa shape index (κ1) is 14.0. The fourth-order valence-corrected chi connectivity index (χ4v) is 2.47. The largest absolute Gasteiger partial charge is 0.350 e. The summed E-state index contributed by atoms with van der Waals surface area (Å²) in [6.07, 6.45) is 2.55. The summed E-state index contributed by atoms with van der Waals surface area (Å²) in [5, 5.41) is 0.814. The summed E-state index contributed by atoms with van der Waals surface area (Å²) in [6, 6.07) is 9.34. The van der Waals surface area contributed by atoms with Crippen LogP contribution in [-0.4, -0.2) is 23.8 Å². The van der Waals surface area contributed by atoms with E-state index in [4.69, 9.17) is 9.57 Å². The van der Waals surface area contributed by atoms with Crippen molar-refractivity contribution in [3.8, 4) is 0 Å². The predicted octanol–water partition coefficient (Wildman–Crippen LogP) is 2.73. The topological polar surface area (TPSA) is 60.5 Å². The van der Waals surface area contributed by atoms with Gasteiger partial charge in [-0.25, -0.2) is 10.3 Å². The first-order valence-corrected chi connectivity index (χ1v) is 7.18. The fourth-order valence-electron chi connectivity index (χ4n) is 2.47. The molecule has 0 bridgehead atoms. The van der Waals surface area contributed by atoms with Crippen LogP contribution in [0.5, 0.6) is 0 Å². The van der Waals surface area contributed by atoms with Gasteiger partial charge in [-0.3, -0.25) is 9.78 Å². The Balaban J connectivity index is 1.77. The number of hydrogen-bond donors (Lipinski definition) is 1. The van der Waals surface area contributed by atoms with Crippen LogP contribution in [0.1, 0.15) is 35.3 Å². The van der Waals surface area contributed by atoms with E-state index >= 15 is 0 Å². The third kappa shape index (κ3) is 3.20. The molecule has 2 aromatic rings. The predicted molar refractivity (Wildman–Crippen MR) is 78.6 cm³/mol. The van der Waals surface area contributed by atoms with Gasteiger partial charge in [0.15, 0.2) is 6.29 Å². The number of pyridine rings is 1. The third-order valence-corrected chi connectivity index (χ3v) is 3.51. The monoisotopic (exact) mass is 286 g/mol. The second-order valence-electron chi connectivity index (χ2n) is 5.17. The number of ether oxygens (including phenoxy) is 1. The quantitative estimate of drug-likeness (QED) is 0.881. The van der Waals surface area contributed by atoms with Crippen LogP contribution in [0.25, 0.3) is 10.9 Å². The molecule has 1 fully saturated rings. The second-order valence-corrected chi connectivity index (χ2v) is 5.17. The summed E-state index contributed by atoms with van der Waals surface area (Å²) < 4.78 is 5.43. The highest BCUT2D eigenvalue weighted by molar-refractivity contribution is 6.05. The number of fused-ring (bicyclic) bond motifs is 1. The molecule has 0 saturated carbocycles. The van der Waals surface area contributed by atoms with Gasteiger partial charge in [0.25, 0.3) is 5.91 Å². The van der Waals surface area contributed by atoms with Crippen molar-refractivity contribution in [2.24, 2.45) is 0 Å². The van der Waals surface area contributed by atoms with Crippen molar-refractivity contribution in [3.63, 3.8) is 0 Å². The summed E-state index contributed by atoms with van der Waals surface area (Å²) in [5.74, 6) is -0.272. The number of carbonyl (C=O) groups excluding carboxylic acids is 1. The van der Waals surface area contributed by atoms with Crippen molar-refractivity contribution in [2.45, 2.75) is 32.5 Å². The highest BCUT2D eigenvalue weighted by Crippen LogP contribution is 2.18. The minimum Gasteiger partial charge on any atom is -0.350 e. The van der Waals surface area contributed by atoms with Crippen molar-refractivity contribution in [3.05, 3.63) is 41.6 Å². The van der Waals surface area contributed by atoms with Gasteiger partial charge in [0.2, 0.25) is 0 Å². The maximum absolute atomic E-state index is 12.3. The Labute approximate surface area is 123 Å². The molecule has 21 heavy (non-hydrogen) atoms. The van der Waals surface area contributed by atoms with E-state index in [1.165, 1.54) is 0 Å². The molecule has 1 aromatic carbocycles. The maximum atomic E-state index is 12.3. The number of amides is 1. The van der Waals surface area contributed by atoms with Crippen molar-refractivity contribution >= 4 is 16.8 Å². The number of hydroxylamine groups is 1.